The summed E-state index contributed by atoms with van der Waals surface area (Å²) in [5.41, 5.74) is 1.23. The third-order valence-electron chi connectivity index (χ3n) is 4.11. The normalized spacial score (nSPS) is 10.6. The average Bonchev–Trinajstić information content (AvgIpc) is 2.65. The summed E-state index contributed by atoms with van der Waals surface area (Å²) in [7, 11) is 0. The van der Waals surface area contributed by atoms with Crippen LogP contribution in [-0.2, 0) is 17.9 Å². The minimum Gasteiger partial charge on any atom is -0.324 e. The highest BCUT2D eigenvalue weighted by Crippen LogP contribution is 2.20. The highest BCUT2D eigenvalue weighted by molar-refractivity contribution is 6.31. The molecule has 1 aromatic heterocycles. The van der Waals surface area contributed by atoms with Crippen LogP contribution in [0.3, 0.4) is 0 Å². The number of hydrogen-bond acceptors (Lipinski definition) is 3. The quantitative estimate of drug-likeness (QED) is 0.736. The number of nitrogens with zero attached hydrogens (tertiary/aromatic N) is 2. The second-order valence-electron chi connectivity index (χ2n) is 6.14. The van der Waals surface area contributed by atoms with Crippen LogP contribution in [0.2, 0.25) is 5.02 Å². The number of rotatable bonds is 5. The molecule has 0 saturated heterocycles. The lowest BCUT2D eigenvalue weighted by atomic mass is 10.2. The first kappa shape index (κ1) is 18.7. The monoisotopic (exact) mass is 383 g/mol. The molecule has 1 amide bonds. The fraction of sp³-hybridized carbons (Fsp3) is 0.150. The van der Waals surface area contributed by atoms with Gasteiger partial charge in [0.2, 0.25) is 5.91 Å². The van der Waals surface area contributed by atoms with Crippen LogP contribution in [0.25, 0.3) is 0 Å². The molecule has 0 atom stereocenters. The lowest BCUT2D eigenvalue weighted by Gasteiger charge is -2.12. The molecule has 3 rings (SSSR count). The third-order valence-corrected chi connectivity index (χ3v) is 4.35. The maximum absolute atomic E-state index is 12.6. The second-order valence-corrected chi connectivity index (χ2v) is 6.58. The van der Waals surface area contributed by atoms with Crippen molar-refractivity contribution in [1.29, 1.82) is 0 Å². The molecule has 2 aromatic carbocycles. The summed E-state index contributed by atoms with van der Waals surface area (Å²) in [5.74, 6) is -0.475. The number of aromatic nitrogens is 2. The Morgan fingerprint density at radius 1 is 1.07 bits per heavy atom. The summed E-state index contributed by atoms with van der Waals surface area (Å²) in [6.07, 6.45) is 1.44. The lowest BCUT2D eigenvalue weighted by Crippen LogP contribution is -2.41. The van der Waals surface area contributed by atoms with Crippen LogP contribution >= 0.6 is 11.6 Å². The molecule has 7 heteroatoms. The van der Waals surface area contributed by atoms with E-state index in [2.05, 4.69) is 5.32 Å². The summed E-state index contributed by atoms with van der Waals surface area (Å²) < 4.78 is 2.31. The van der Waals surface area contributed by atoms with Crippen molar-refractivity contribution in [2.45, 2.75) is 20.0 Å². The van der Waals surface area contributed by atoms with Gasteiger partial charge >= 0.3 is 5.69 Å². The third kappa shape index (κ3) is 4.54. The van der Waals surface area contributed by atoms with E-state index in [1.165, 1.54) is 16.8 Å². The zero-order valence-corrected chi connectivity index (χ0v) is 15.4. The van der Waals surface area contributed by atoms with Crippen molar-refractivity contribution >= 4 is 23.2 Å². The van der Waals surface area contributed by atoms with Crippen molar-refractivity contribution in [3.8, 4) is 0 Å². The lowest BCUT2D eigenvalue weighted by molar-refractivity contribution is -0.116. The van der Waals surface area contributed by atoms with Gasteiger partial charge in [-0.05, 0) is 30.2 Å². The Hall–Kier alpha value is -3.12. The maximum atomic E-state index is 12.6. The standard InChI is InChI=1S/C20H18ClN3O3/c1-14-7-8-16(21)11-17(14)22-18(25)13-24-19(26)9-10-23(20(24)27)12-15-5-3-2-4-6-15/h2-11H,12-13H2,1H3,(H,22,25). The number of nitrogens with one attached hydrogen (secondary N) is 1. The average molecular weight is 384 g/mol. The van der Waals surface area contributed by atoms with Crippen LogP contribution in [-0.4, -0.2) is 15.0 Å². The van der Waals surface area contributed by atoms with Crippen LogP contribution in [0.15, 0.2) is 70.4 Å². The van der Waals surface area contributed by atoms with Crippen molar-refractivity contribution in [2.24, 2.45) is 0 Å². The molecule has 0 saturated carbocycles. The maximum Gasteiger partial charge on any atom is 0.331 e. The van der Waals surface area contributed by atoms with Crippen molar-refractivity contribution in [1.82, 2.24) is 9.13 Å². The van der Waals surface area contributed by atoms with Crippen molar-refractivity contribution in [2.75, 3.05) is 5.32 Å². The highest BCUT2D eigenvalue weighted by Gasteiger charge is 2.12. The van der Waals surface area contributed by atoms with E-state index in [-0.39, 0.29) is 6.54 Å². The zero-order valence-electron chi connectivity index (χ0n) is 14.7. The molecule has 1 heterocycles. The van der Waals surface area contributed by atoms with Crippen LogP contribution in [0.4, 0.5) is 5.69 Å². The van der Waals surface area contributed by atoms with E-state index in [0.717, 1.165) is 15.7 Å². The predicted octanol–water partition coefficient (Wildman–Crippen LogP) is 2.66. The SMILES string of the molecule is Cc1ccc(Cl)cc1NC(=O)Cn1c(=O)ccn(Cc2ccccc2)c1=O. The van der Waals surface area contributed by atoms with Gasteiger partial charge in [0.25, 0.3) is 5.56 Å². The van der Waals surface area contributed by atoms with Gasteiger partial charge in [-0.3, -0.25) is 18.7 Å². The molecule has 0 fully saturated rings. The van der Waals surface area contributed by atoms with E-state index < -0.39 is 17.2 Å². The Labute approximate surface area is 160 Å². The zero-order chi connectivity index (χ0) is 19.4. The van der Waals surface area contributed by atoms with Gasteiger partial charge in [-0.2, -0.15) is 0 Å². The Bertz CT molecular complexity index is 1090. The van der Waals surface area contributed by atoms with Gasteiger partial charge in [-0.1, -0.05) is 48.0 Å². The molecule has 0 aliphatic rings. The molecule has 0 radical (unpaired) electrons. The number of anilines is 1. The Morgan fingerprint density at radius 3 is 2.56 bits per heavy atom. The van der Waals surface area contributed by atoms with E-state index in [0.29, 0.717) is 17.3 Å². The summed E-state index contributed by atoms with van der Waals surface area (Å²) in [6, 6.07) is 15.8. The topological polar surface area (TPSA) is 73.1 Å². The Balaban J connectivity index is 1.83. The van der Waals surface area contributed by atoms with Gasteiger partial charge in [0, 0.05) is 23.0 Å². The van der Waals surface area contributed by atoms with E-state index in [4.69, 9.17) is 11.6 Å². The first-order chi connectivity index (χ1) is 12.9. The molecule has 1 N–H and O–H groups in total. The van der Waals surface area contributed by atoms with Crippen molar-refractivity contribution < 1.29 is 4.79 Å². The number of carbonyl (C=O) groups is 1. The largest absolute Gasteiger partial charge is 0.331 e. The molecule has 0 aliphatic heterocycles. The van der Waals surface area contributed by atoms with E-state index in [9.17, 15) is 14.4 Å². The van der Waals surface area contributed by atoms with Gasteiger partial charge < -0.3 is 5.32 Å². The number of carbonyl (C=O) groups excluding carboxylic acids is 1. The van der Waals surface area contributed by atoms with Crippen LogP contribution in [0.5, 0.6) is 0 Å². The minimum absolute atomic E-state index is 0.314. The van der Waals surface area contributed by atoms with Crippen LogP contribution < -0.4 is 16.6 Å². The fourth-order valence-electron chi connectivity index (χ4n) is 2.67. The molecule has 0 unspecified atom stereocenters. The molecular formula is C20H18ClN3O3. The van der Waals surface area contributed by atoms with E-state index in [1.54, 1.807) is 18.2 Å². The molecule has 27 heavy (non-hydrogen) atoms. The van der Waals surface area contributed by atoms with Gasteiger partial charge in [-0.15, -0.1) is 0 Å². The molecule has 6 nitrogen and oxygen atoms in total. The number of hydrogen-bond donors (Lipinski definition) is 1. The highest BCUT2D eigenvalue weighted by atomic mass is 35.5. The summed E-state index contributed by atoms with van der Waals surface area (Å²) >= 11 is 5.95. The van der Waals surface area contributed by atoms with Gasteiger partial charge in [-0.25, -0.2) is 4.79 Å². The first-order valence-corrected chi connectivity index (χ1v) is 8.72. The van der Waals surface area contributed by atoms with Gasteiger partial charge in [0.05, 0.1) is 6.54 Å². The Morgan fingerprint density at radius 2 is 1.81 bits per heavy atom. The number of aryl methyl sites for hydroxylation is 1. The summed E-state index contributed by atoms with van der Waals surface area (Å²) in [6.45, 7) is 1.77. The first-order valence-electron chi connectivity index (χ1n) is 8.34. The predicted molar refractivity (Wildman–Crippen MR) is 105 cm³/mol. The Kier molecular flexibility index (Phi) is 5.57. The molecule has 3 aromatic rings. The number of amides is 1. The minimum atomic E-state index is -0.538. The fourth-order valence-corrected chi connectivity index (χ4v) is 2.84. The van der Waals surface area contributed by atoms with E-state index in [1.807, 2.05) is 37.3 Å². The van der Waals surface area contributed by atoms with Gasteiger partial charge in [0.15, 0.2) is 0 Å². The van der Waals surface area contributed by atoms with Crippen LogP contribution in [0.1, 0.15) is 11.1 Å². The summed E-state index contributed by atoms with van der Waals surface area (Å²) in [5, 5.41) is 3.18. The molecular weight excluding hydrogens is 366 g/mol. The van der Waals surface area contributed by atoms with Crippen molar-refractivity contribution in [3.05, 3.63) is 97.8 Å². The number of halogens is 1. The number of benzene rings is 2. The van der Waals surface area contributed by atoms with Gasteiger partial charge in [0.1, 0.15) is 6.54 Å². The molecule has 0 aliphatic carbocycles. The smallest absolute Gasteiger partial charge is 0.324 e. The second kappa shape index (κ2) is 8.05. The van der Waals surface area contributed by atoms with Crippen LogP contribution in [0, 0.1) is 6.92 Å². The van der Waals surface area contributed by atoms with E-state index >= 15 is 0 Å². The molecule has 0 spiro atoms. The molecule has 0 bridgehead atoms. The molecule has 138 valence electrons. The summed E-state index contributed by atoms with van der Waals surface area (Å²) in [4.78, 5) is 37.1. The van der Waals surface area contributed by atoms with Crippen molar-refractivity contribution in [3.63, 3.8) is 0 Å².